The standard InChI is InChI=1S/C19H18/c1-13-11-17-16-10-6-5-9-15(16)12-18(17)19(13)14-7-3-2-4-8-14/h2-10,17-18H,11-12H2,1H3/t17-,18+/m1/s1. The molecule has 0 nitrogen and oxygen atoms in total. The molecule has 0 unspecified atom stereocenters. The summed E-state index contributed by atoms with van der Waals surface area (Å²) in [4.78, 5) is 0. The molecule has 94 valence electrons. The molecule has 2 aromatic carbocycles. The normalized spacial score (nSPS) is 24.5. The number of rotatable bonds is 1. The topological polar surface area (TPSA) is 0 Å². The van der Waals surface area contributed by atoms with Gasteiger partial charge in [-0.25, -0.2) is 0 Å². The van der Waals surface area contributed by atoms with Crippen LogP contribution in [0.4, 0.5) is 0 Å². The van der Waals surface area contributed by atoms with Gasteiger partial charge in [0.2, 0.25) is 0 Å². The van der Waals surface area contributed by atoms with Crippen LogP contribution < -0.4 is 0 Å². The van der Waals surface area contributed by atoms with Crippen molar-refractivity contribution in [3.05, 3.63) is 76.9 Å². The van der Waals surface area contributed by atoms with Crippen LogP contribution in [0.25, 0.3) is 5.57 Å². The Morgan fingerprint density at radius 2 is 1.53 bits per heavy atom. The molecule has 0 saturated heterocycles. The van der Waals surface area contributed by atoms with Gasteiger partial charge in [0.05, 0.1) is 0 Å². The second-order valence-corrected chi connectivity index (χ2v) is 5.88. The van der Waals surface area contributed by atoms with Gasteiger partial charge in [-0.15, -0.1) is 0 Å². The average Bonchev–Trinajstić information content (AvgIpc) is 2.94. The van der Waals surface area contributed by atoms with Gasteiger partial charge in [0.15, 0.2) is 0 Å². The summed E-state index contributed by atoms with van der Waals surface area (Å²) >= 11 is 0. The minimum atomic E-state index is 0.708. The summed E-state index contributed by atoms with van der Waals surface area (Å²) in [6, 6.07) is 20.0. The molecule has 0 amide bonds. The second kappa shape index (κ2) is 4.09. The highest BCUT2D eigenvalue weighted by atomic mass is 14.4. The van der Waals surface area contributed by atoms with Gasteiger partial charge in [0.1, 0.15) is 0 Å². The van der Waals surface area contributed by atoms with E-state index in [4.69, 9.17) is 0 Å². The maximum Gasteiger partial charge on any atom is -0.00440 e. The lowest BCUT2D eigenvalue weighted by Crippen LogP contribution is -2.03. The molecule has 2 aliphatic carbocycles. The molecule has 0 aliphatic heterocycles. The second-order valence-electron chi connectivity index (χ2n) is 5.88. The average molecular weight is 246 g/mol. The smallest absolute Gasteiger partial charge is 0.00440 e. The molecule has 0 spiro atoms. The minimum absolute atomic E-state index is 0.708. The third-order valence-electron chi connectivity index (χ3n) is 4.82. The molecule has 0 fully saturated rings. The third kappa shape index (κ3) is 1.59. The first-order valence-corrected chi connectivity index (χ1v) is 7.17. The Balaban J connectivity index is 1.78. The number of benzene rings is 2. The first-order chi connectivity index (χ1) is 9.34. The Morgan fingerprint density at radius 1 is 0.789 bits per heavy atom. The number of hydrogen-bond acceptors (Lipinski definition) is 0. The maximum absolute atomic E-state index is 2.33. The predicted octanol–water partition coefficient (Wildman–Crippen LogP) is 4.82. The molecule has 2 atom stereocenters. The molecule has 0 N–H and O–H groups in total. The Kier molecular flexibility index (Phi) is 2.38. The first kappa shape index (κ1) is 11.0. The van der Waals surface area contributed by atoms with Crippen LogP contribution in [-0.4, -0.2) is 0 Å². The van der Waals surface area contributed by atoms with E-state index in [-0.39, 0.29) is 0 Å². The Hall–Kier alpha value is -1.82. The fraction of sp³-hybridized carbons (Fsp3) is 0.263. The minimum Gasteiger partial charge on any atom is -0.0686 e. The van der Waals surface area contributed by atoms with Crippen molar-refractivity contribution in [1.29, 1.82) is 0 Å². The summed E-state index contributed by atoms with van der Waals surface area (Å²) < 4.78 is 0. The molecule has 0 heterocycles. The molecule has 0 bridgehead atoms. The zero-order valence-electron chi connectivity index (χ0n) is 11.3. The van der Waals surface area contributed by atoms with Gasteiger partial charge in [-0.05, 0) is 53.9 Å². The van der Waals surface area contributed by atoms with Crippen LogP contribution in [0.3, 0.4) is 0 Å². The molecule has 0 radical (unpaired) electrons. The van der Waals surface area contributed by atoms with Crippen molar-refractivity contribution in [3.8, 4) is 0 Å². The van der Waals surface area contributed by atoms with E-state index >= 15 is 0 Å². The van der Waals surface area contributed by atoms with Gasteiger partial charge < -0.3 is 0 Å². The van der Waals surface area contributed by atoms with Crippen molar-refractivity contribution in [1.82, 2.24) is 0 Å². The molecule has 2 aliphatic rings. The zero-order valence-corrected chi connectivity index (χ0v) is 11.3. The summed E-state index contributed by atoms with van der Waals surface area (Å²) in [6.07, 6.45) is 2.47. The molecule has 0 saturated carbocycles. The maximum atomic E-state index is 2.33. The van der Waals surface area contributed by atoms with Gasteiger partial charge in [-0.1, -0.05) is 60.2 Å². The van der Waals surface area contributed by atoms with Crippen molar-refractivity contribution < 1.29 is 0 Å². The quantitative estimate of drug-likeness (QED) is 0.676. The highest BCUT2D eigenvalue weighted by Gasteiger charge is 2.40. The number of hydrogen-bond donors (Lipinski definition) is 0. The van der Waals surface area contributed by atoms with E-state index in [1.165, 1.54) is 18.4 Å². The monoisotopic (exact) mass is 246 g/mol. The summed E-state index contributed by atoms with van der Waals surface area (Å²) in [6.45, 7) is 2.32. The fourth-order valence-electron chi connectivity index (χ4n) is 4.07. The van der Waals surface area contributed by atoms with Crippen LogP contribution in [0.15, 0.2) is 60.2 Å². The Labute approximate surface area is 114 Å². The van der Waals surface area contributed by atoms with Gasteiger partial charge in [-0.3, -0.25) is 0 Å². The van der Waals surface area contributed by atoms with Crippen LogP contribution in [0.2, 0.25) is 0 Å². The van der Waals surface area contributed by atoms with Crippen LogP contribution in [-0.2, 0) is 6.42 Å². The highest BCUT2D eigenvalue weighted by molar-refractivity contribution is 5.75. The SMILES string of the molecule is CC1=C(c2ccccc2)[C@H]2Cc3ccccc3[C@H]2C1. The lowest BCUT2D eigenvalue weighted by Gasteiger charge is -2.15. The summed E-state index contributed by atoms with van der Waals surface area (Å²) in [7, 11) is 0. The molecular weight excluding hydrogens is 228 g/mol. The van der Waals surface area contributed by atoms with E-state index in [9.17, 15) is 0 Å². The molecular formula is C19H18. The van der Waals surface area contributed by atoms with Crippen molar-refractivity contribution in [2.75, 3.05) is 0 Å². The van der Waals surface area contributed by atoms with Crippen LogP contribution in [0, 0.1) is 5.92 Å². The molecule has 0 aromatic heterocycles. The highest BCUT2D eigenvalue weighted by Crippen LogP contribution is 2.53. The first-order valence-electron chi connectivity index (χ1n) is 7.17. The molecule has 19 heavy (non-hydrogen) atoms. The van der Waals surface area contributed by atoms with Gasteiger partial charge in [-0.2, -0.15) is 0 Å². The zero-order chi connectivity index (χ0) is 12.8. The van der Waals surface area contributed by atoms with E-state index < -0.39 is 0 Å². The summed E-state index contributed by atoms with van der Waals surface area (Å²) in [5, 5.41) is 0. The van der Waals surface area contributed by atoms with Crippen LogP contribution >= 0.6 is 0 Å². The van der Waals surface area contributed by atoms with E-state index in [0.29, 0.717) is 5.92 Å². The lowest BCUT2D eigenvalue weighted by molar-refractivity contribution is 0.599. The van der Waals surface area contributed by atoms with Gasteiger partial charge >= 0.3 is 0 Å². The molecule has 0 heteroatoms. The van der Waals surface area contributed by atoms with Gasteiger partial charge in [0, 0.05) is 0 Å². The van der Waals surface area contributed by atoms with E-state index in [1.54, 1.807) is 22.3 Å². The largest absolute Gasteiger partial charge is 0.0686 e. The molecule has 2 aromatic rings. The van der Waals surface area contributed by atoms with Gasteiger partial charge in [0.25, 0.3) is 0 Å². The fourth-order valence-corrected chi connectivity index (χ4v) is 4.07. The van der Waals surface area contributed by atoms with E-state index in [2.05, 4.69) is 61.5 Å². The Bertz CT molecular complexity index is 649. The van der Waals surface area contributed by atoms with E-state index in [0.717, 1.165) is 5.92 Å². The number of allylic oxidation sites excluding steroid dienone is 2. The van der Waals surface area contributed by atoms with Crippen molar-refractivity contribution in [2.45, 2.75) is 25.7 Å². The Morgan fingerprint density at radius 3 is 2.37 bits per heavy atom. The summed E-state index contributed by atoms with van der Waals surface area (Å²) in [5.41, 5.74) is 7.80. The van der Waals surface area contributed by atoms with Crippen LogP contribution in [0.1, 0.15) is 36.0 Å². The summed E-state index contributed by atoms with van der Waals surface area (Å²) in [5.74, 6) is 1.44. The third-order valence-corrected chi connectivity index (χ3v) is 4.82. The lowest BCUT2D eigenvalue weighted by atomic mass is 9.88. The predicted molar refractivity (Wildman–Crippen MR) is 80.0 cm³/mol. The van der Waals surface area contributed by atoms with Crippen molar-refractivity contribution in [3.63, 3.8) is 0 Å². The van der Waals surface area contributed by atoms with Crippen LogP contribution in [0.5, 0.6) is 0 Å². The number of fused-ring (bicyclic) bond motifs is 3. The van der Waals surface area contributed by atoms with Crippen molar-refractivity contribution in [2.24, 2.45) is 5.92 Å². The van der Waals surface area contributed by atoms with E-state index in [1.807, 2.05) is 0 Å². The van der Waals surface area contributed by atoms with Crippen molar-refractivity contribution >= 4 is 5.57 Å². The molecule has 4 rings (SSSR count).